The predicted octanol–water partition coefficient (Wildman–Crippen LogP) is 5.53. The normalized spacial score (nSPS) is 11.8. The lowest BCUT2D eigenvalue weighted by Crippen LogP contribution is -2.25. The Morgan fingerprint density at radius 1 is 0.914 bits per heavy atom. The lowest BCUT2D eigenvalue weighted by atomic mass is 9.79. The molecule has 1 heterocycles. The average Bonchev–Trinajstić information content (AvgIpc) is 2.77. The molecule has 0 aliphatic heterocycles. The number of carbonyl (C=O) groups excluding carboxylic acids is 2. The first kappa shape index (κ1) is 25.8. The highest BCUT2D eigenvalue weighted by atomic mass is 16.7. The summed E-state index contributed by atoms with van der Waals surface area (Å²) in [6.07, 6.45) is 0.523. The Balaban J connectivity index is 2.14. The number of pyridine rings is 1. The summed E-state index contributed by atoms with van der Waals surface area (Å²) in [5.74, 6) is 0.191. The van der Waals surface area contributed by atoms with Crippen LogP contribution in [-0.4, -0.2) is 31.3 Å². The molecule has 0 aliphatic rings. The molecule has 8 nitrogen and oxygen atoms in total. The van der Waals surface area contributed by atoms with Crippen molar-refractivity contribution in [1.29, 1.82) is 0 Å². The van der Waals surface area contributed by atoms with Crippen molar-refractivity contribution in [1.82, 2.24) is 4.98 Å². The summed E-state index contributed by atoms with van der Waals surface area (Å²) in [6, 6.07) is 8.56. The van der Waals surface area contributed by atoms with Gasteiger partial charge in [-0.25, -0.2) is 4.79 Å². The molecule has 0 fully saturated rings. The topological polar surface area (TPSA) is 107 Å². The van der Waals surface area contributed by atoms with Crippen LogP contribution in [0.5, 0.6) is 11.5 Å². The summed E-state index contributed by atoms with van der Waals surface area (Å²) >= 11 is 0. The molecule has 0 atom stereocenters. The molecule has 0 spiro atoms. The van der Waals surface area contributed by atoms with Gasteiger partial charge in [-0.2, -0.15) is 0 Å². The fourth-order valence-corrected chi connectivity index (χ4v) is 3.79. The number of anilines is 1. The van der Waals surface area contributed by atoms with E-state index in [-0.39, 0.29) is 22.1 Å². The summed E-state index contributed by atoms with van der Waals surface area (Å²) in [7, 11) is 2.74. The van der Waals surface area contributed by atoms with Gasteiger partial charge in [-0.3, -0.25) is 9.59 Å². The molecule has 0 saturated heterocycles. The molecule has 0 radical (unpaired) electrons. The van der Waals surface area contributed by atoms with Crippen LogP contribution in [0.1, 0.15) is 63.0 Å². The third kappa shape index (κ3) is 5.48. The van der Waals surface area contributed by atoms with Gasteiger partial charge in [-0.1, -0.05) is 41.5 Å². The van der Waals surface area contributed by atoms with Crippen molar-refractivity contribution in [2.45, 2.75) is 52.4 Å². The molecule has 1 amide bonds. The molecule has 3 rings (SSSR count). The van der Waals surface area contributed by atoms with Crippen LogP contribution in [0.4, 0.5) is 10.5 Å². The minimum Gasteiger partial charge on any atom is -0.497 e. The van der Waals surface area contributed by atoms with Crippen LogP contribution in [0, 0.1) is 0 Å². The minimum absolute atomic E-state index is 0.0547. The van der Waals surface area contributed by atoms with E-state index in [1.807, 2.05) is 47.6 Å². The van der Waals surface area contributed by atoms with Crippen molar-refractivity contribution in [3.63, 3.8) is 0 Å². The van der Waals surface area contributed by atoms with E-state index < -0.39 is 17.5 Å². The number of methoxy groups -OCH3 is 2. The molecule has 1 aromatic heterocycles. The number of H-pyrrole nitrogens is 1. The molecule has 8 heteroatoms. The molecular weight excluding hydrogens is 448 g/mol. The summed E-state index contributed by atoms with van der Waals surface area (Å²) in [5, 5.41) is 3.19. The number of benzene rings is 2. The number of aromatic amines is 1. The van der Waals surface area contributed by atoms with Crippen LogP contribution < -0.4 is 20.2 Å². The lowest BCUT2D eigenvalue weighted by molar-refractivity contribution is 0.102. The second-order valence-corrected chi connectivity index (χ2v) is 10.3. The van der Waals surface area contributed by atoms with Gasteiger partial charge < -0.3 is 24.5 Å². The first-order valence-corrected chi connectivity index (χ1v) is 11.2. The number of rotatable bonds is 4. The molecule has 0 aliphatic carbocycles. The SMILES string of the molecule is COC(=O)Oc1cc(NC(=O)c2c[nH]c3ccc(OC)cc3c2=O)c(C(C)(C)C)cc1C(C)(C)C. The van der Waals surface area contributed by atoms with Crippen LogP contribution >= 0.6 is 0 Å². The Kier molecular flexibility index (Phi) is 6.96. The zero-order chi connectivity index (χ0) is 26.1. The number of fused-ring (bicyclic) bond motifs is 1. The summed E-state index contributed by atoms with van der Waals surface area (Å²) in [6.45, 7) is 12.0. The van der Waals surface area contributed by atoms with E-state index in [1.165, 1.54) is 20.4 Å². The van der Waals surface area contributed by atoms with Gasteiger partial charge in [0.15, 0.2) is 0 Å². The van der Waals surface area contributed by atoms with Crippen molar-refractivity contribution >= 4 is 28.7 Å². The lowest BCUT2D eigenvalue weighted by Gasteiger charge is -2.29. The van der Waals surface area contributed by atoms with Crippen LogP contribution in [-0.2, 0) is 15.6 Å². The Morgan fingerprint density at radius 3 is 2.14 bits per heavy atom. The first-order valence-electron chi connectivity index (χ1n) is 11.2. The third-order valence-electron chi connectivity index (χ3n) is 5.68. The predicted molar refractivity (Wildman–Crippen MR) is 136 cm³/mol. The average molecular weight is 481 g/mol. The summed E-state index contributed by atoms with van der Waals surface area (Å²) in [5.41, 5.74) is 1.42. The number of aromatic nitrogens is 1. The summed E-state index contributed by atoms with van der Waals surface area (Å²) < 4.78 is 15.3. The standard InChI is InChI=1S/C27H32N2O6/c1-26(2,3)18-12-19(27(4,5)6)22(35-25(32)34-8)13-21(18)29-24(31)17-14-28-20-10-9-15(33-7)11-16(20)23(17)30/h9-14H,1-8H3,(H,28,30)(H,29,31). The highest BCUT2D eigenvalue weighted by molar-refractivity contribution is 6.06. The number of amides is 1. The van der Waals surface area contributed by atoms with Crippen molar-refractivity contribution < 1.29 is 23.8 Å². The van der Waals surface area contributed by atoms with Gasteiger partial charge in [0.05, 0.1) is 14.2 Å². The van der Waals surface area contributed by atoms with E-state index in [0.717, 1.165) is 11.1 Å². The zero-order valence-corrected chi connectivity index (χ0v) is 21.4. The quantitative estimate of drug-likeness (QED) is 0.376. The second kappa shape index (κ2) is 9.44. The Morgan fingerprint density at radius 2 is 1.57 bits per heavy atom. The van der Waals surface area contributed by atoms with Gasteiger partial charge >= 0.3 is 6.16 Å². The van der Waals surface area contributed by atoms with E-state index in [0.29, 0.717) is 22.3 Å². The van der Waals surface area contributed by atoms with E-state index in [4.69, 9.17) is 9.47 Å². The maximum Gasteiger partial charge on any atom is 0.513 e. The number of hydrogen-bond acceptors (Lipinski definition) is 6. The maximum absolute atomic E-state index is 13.3. The Labute approximate surface area is 204 Å². The molecule has 35 heavy (non-hydrogen) atoms. The first-order chi connectivity index (χ1) is 16.3. The number of hydrogen-bond donors (Lipinski definition) is 2. The Hall–Kier alpha value is -3.81. The Bertz CT molecular complexity index is 1340. The molecule has 3 aromatic rings. The van der Waals surface area contributed by atoms with Crippen LogP contribution in [0.25, 0.3) is 10.9 Å². The minimum atomic E-state index is -0.865. The largest absolute Gasteiger partial charge is 0.513 e. The molecule has 0 saturated carbocycles. The van der Waals surface area contributed by atoms with Crippen molar-refractivity contribution in [2.24, 2.45) is 0 Å². The van der Waals surface area contributed by atoms with Crippen LogP contribution in [0.3, 0.4) is 0 Å². The fraction of sp³-hybridized carbons (Fsp3) is 0.370. The number of ether oxygens (including phenoxy) is 3. The van der Waals surface area contributed by atoms with E-state index in [9.17, 15) is 14.4 Å². The molecular formula is C27H32N2O6. The molecule has 186 valence electrons. The highest BCUT2D eigenvalue weighted by Crippen LogP contribution is 2.40. The zero-order valence-electron chi connectivity index (χ0n) is 21.4. The van der Waals surface area contributed by atoms with Gasteiger partial charge in [0.1, 0.15) is 17.1 Å². The van der Waals surface area contributed by atoms with Gasteiger partial charge in [-0.05, 0) is 40.7 Å². The smallest absolute Gasteiger partial charge is 0.497 e. The molecule has 0 bridgehead atoms. The van der Waals surface area contributed by atoms with Crippen molar-refractivity contribution in [2.75, 3.05) is 19.5 Å². The summed E-state index contributed by atoms with van der Waals surface area (Å²) in [4.78, 5) is 41.3. The van der Waals surface area contributed by atoms with Crippen LogP contribution in [0.2, 0.25) is 0 Å². The van der Waals surface area contributed by atoms with Gasteiger partial charge in [0.25, 0.3) is 5.91 Å². The fourth-order valence-electron chi connectivity index (χ4n) is 3.79. The highest BCUT2D eigenvalue weighted by Gasteiger charge is 2.28. The van der Waals surface area contributed by atoms with E-state index in [1.54, 1.807) is 24.3 Å². The van der Waals surface area contributed by atoms with Crippen molar-refractivity contribution in [3.05, 3.63) is 63.4 Å². The number of nitrogens with one attached hydrogen (secondary N) is 2. The third-order valence-corrected chi connectivity index (χ3v) is 5.68. The van der Waals surface area contributed by atoms with E-state index >= 15 is 0 Å². The molecule has 0 unspecified atom stereocenters. The monoisotopic (exact) mass is 480 g/mol. The van der Waals surface area contributed by atoms with E-state index in [2.05, 4.69) is 15.0 Å². The maximum atomic E-state index is 13.3. The van der Waals surface area contributed by atoms with Gasteiger partial charge in [0, 0.05) is 34.4 Å². The molecule has 2 N–H and O–H groups in total. The van der Waals surface area contributed by atoms with Crippen molar-refractivity contribution in [3.8, 4) is 11.5 Å². The van der Waals surface area contributed by atoms with Gasteiger partial charge in [0.2, 0.25) is 5.43 Å². The molecule has 2 aromatic carbocycles. The second-order valence-electron chi connectivity index (χ2n) is 10.3. The van der Waals surface area contributed by atoms with Crippen LogP contribution in [0.15, 0.2) is 41.3 Å². The van der Waals surface area contributed by atoms with Gasteiger partial charge in [-0.15, -0.1) is 0 Å². The number of carbonyl (C=O) groups is 2.